The molecule has 0 radical (unpaired) electrons. The van der Waals surface area contributed by atoms with Gasteiger partial charge in [0, 0.05) is 0 Å². The van der Waals surface area contributed by atoms with Gasteiger partial charge in [0.2, 0.25) is 0 Å². The third-order valence-electron chi connectivity index (χ3n) is 3.89. The molecule has 0 aliphatic heterocycles. The minimum atomic E-state index is 0.929. The van der Waals surface area contributed by atoms with Crippen LogP contribution >= 0.6 is 0 Å². The Bertz CT molecular complexity index is 128. The minimum absolute atomic E-state index is 0.929. The van der Waals surface area contributed by atoms with Crippen molar-refractivity contribution in [2.75, 3.05) is 0 Å². The van der Waals surface area contributed by atoms with E-state index in [0.29, 0.717) is 0 Å². The second-order valence-electron chi connectivity index (χ2n) is 5.49. The SMILES string of the molecule is CCCC(CCC(C)CC)CC(C)CC. The molecule has 0 fully saturated rings. The van der Waals surface area contributed by atoms with Crippen LogP contribution in [0.25, 0.3) is 0 Å². The molecule has 15 heavy (non-hydrogen) atoms. The average molecular weight is 212 g/mol. The van der Waals surface area contributed by atoms with Gasteiger partial charge in [-0.3, -0.25) is 0 Å². The van der Waals surface area contributed by atoms with Gasteiger partial charge in [-0.05, 0) is 24.2 Å². The summed E-state index contributed by atoms with van der Waals surface area (Å²) in [5.41, 5.74) is 0. The lowest BCUT2D eigenvalue weighted by Crippen LogP contribution is -2.08. The molecule has 0 nitrogen and oxygen atoms in total. The van der Waals surface area contributed by atoms with E-state index in [-0.39, 0.29) is 0 Å². The van der Waals surface area contributed by atoms with E-state index in [0.717, 1.165) is 17.8 Å². The molecule has 0 aliphatic rings. The van der Waals surface area contributed by atoms with E-state index in [9.17, 15) is 0 Å². The van der Waals surface area contributed by atoms with Crippen LogP contribution in [0.3, 0.4) is 0 Å². The summed E-state index contributed by atoms with van der Waals surface area (Å²) < 4.78 is 0. The molecular weight excluding hydrogens is 180 g/mol. The molecule has 0 bridgehead atoms. The third kappa shape index (κ3) is 7.88. The number of rotatable bonds is 9. The van der Waals surface area contributed by atoms with E-state index in [4.69, 9.17) is 0 Å². The lowest BCUT2D eigenvalue weighted by molar-refractivity contribution is 0.314. The summed E-state index contributed by atoms with van der Waals surface area (Å²) >= 11 is 0. The topological polar surface area (TPSA) is 0 Å². The molecular formula is C15H32. The quantitative estimate of drug-likeness (QED) is 0.462. The lowest BCUT2D eigenvalue weighted by Gasteiger charge is -2.21. The van der Waals surface area contributed by atoms with Crippen molar-refractivity contribution in [3.8, 4) is 0 Å². The van der Waals surface area contributed by atoms with Gasteiger partial charge in [0.05, 0.1) is 0 Å². The van der Waals surface area contributed by atoms with Gasteiger partial charge in [0.15, 0.2) is 0 Å². The van der Waals surface area contributed by atoms with Crippen molar-refractivity contribution in [2.45, 2.75) is 79.6 Å². The van der Waals surface area contributed by atoms with Gasteiger partial charge in [0.25, 0.3) is 0 Å². The molecule has 0 heterocycles. The maximum absolute atomic E-state index is 2.41. The second kappa shape index (κ2) is 9.24. The van der Waals surface area contributed by atoms with Crippen molar-refractivity contribution in [3.63, 3.8) is 0 Å². The normalized spacial score (nSPS) is 17.4. The fraction of sp³-hybridized carbons (Fsp3) is 1.00. The van der Waals surface area contributed by atoms with Crippen LogP contribution in [-0.4, -0.2) is 0 Å². The van der Waals surface area contributed by atoms with Crippen molar-refractivity contribution in [1.29, 1.82) is 0 Å². The third-order valence-corrected chi connectivity index (χ3v) is 3.89. The molecule has 0 heteroatoms. The summed E-state index contributed by atoms with van der Waals surface area (Å²) in [7, 11) is 0. The van der Waals surface area contributed by atoms with Crippen LogP contribution in [0.15, 0.2) is 0 Å². The molecule has 0 saturated heterocycles. The Hall–Kier alpha value is 0. The summed E-state index contributed by atoms with van der Waals surface area (Å²) in [6.45, 7) is 11.8. The van der Waals surface area contributed by atoms with Crippen molar-refractivity contribution in [3.05, 3.63) is 0 Å². The zero-order valence-corrected chi connectivity index (χ0v) is 11.7. The van der Waals surface area contributed by atoms with E-state index >= 15 is 0 Å². The summed E-state index contributed by atoms with van der Waals surface area (Å²) in [4.78, 5) is 0. The van der Waals surface area contributed by atoms with Gasteiger partial charge < -0.3 is 0 Å². The molecule has 3 unspecified atom stereocenters. The maximum atomic E-state index is 2.41. The molecule has 0 amide bonds. The van der Waals surface area contributed by atoms with E-state index in [1.165, 1.54) is 44.9 Å². The van der Waals surface area contributed by atoms with Crippen LogP contribution in [0.1, 0.15) is 79.6 Å². The van der Waals surface area contributed by atoms with E-state index in [2.05, 4.69) is 34.6 Å². The second-order valence-corrected chi connectivity index (χ2v) is 5.49. The monoisotopic (exact) mass is 212 g/mol. The van der Waals surface area contributed by atoms with Crippen LogP contribution in [0, 0.1) is 17.8 Å². The van der Waals surface area contributed by atoms with Gasteiger partial charge in [0.1, 0.15) is 0 Å². The smallest absolute Gasteiger partial charge is 0.0412 e. The Morgan fingerprint density at radius 3 is 1.80 bits per heavy atom. The van der Waals surface area contributed by atoms with Crippen molar-refractivity contribution in [2.24, 2.45) is 17.8 Å². The van der Waals surface area contributed by atoms with Gasteiger partial charge in [-0.25, -0.2) is 0 Å². The highest BCUT2D eigenvalue weighted by molar-refractivity contribution is 4.64. The van der Waals surface area contributed by atoms with Gasteiger partial charge >= 0.3 is 0 Å². The predicted octanol–water partition coefficient (Wildman–Crippen LogP) is 5.67. The lowest BCUT2D eigenvalue weighted by atomic mass is 9.85. The van der Waals surface area contributed by atoms with Gasteiger partial charge in [-0.2, -0.15) is 0 Å². The van der Waals surface area contributed by atoms with E-state index in [1.807, 2.05) is 0 Å². The standard InChI is InChI=1S/C15H32/c1-6-9-15(12-14(5)8-3)11-10-13(4)7-2/h13-15H,6-12H2,1-5H3. The highest BCUT2D eigenvalue weighted by atomic mass is 14.2. The van der Waals surface area contributed by atoms with Crippen LogP contribution in [0.2, 0.25) is 0 Å². The molecule has 0 rings (SSSR count). The van der Waals surface area contributed by atoms with Crippen molar-refractivity contribution >= 4 is 0 Å². The fourth-order valence-electron chi connectivity index (χ4n) is 2.25. The van der Waals surface area contributed by atoms with Crippen molar-refractivity contribution in [1.82, 2.24) is 0 Å². The summed E-state index contributed by atoms with van der Waals surface area (Å²) in [5, 5.41) is 0. The van der Waals surface area contributed by atoms with E-state index in [1.54, 1.807) is 0 Å². The average Bonchev–Trinajstić information content (AvgIpc) is 2.25. The predicted molar refractivity (Wildman–Crippen MR) is 71.2 cm³/mol. The highest BCUT2D eigenvalue weighted by Crippen LogP contribution is 2.26. The summed E-state index contributed by atoms with van der Waals surface area (Å²) in [6, 6.07) is 0. The largest absolute Gasteiger partial charge is 0.0654 e. The molecule has 0 aromatic heterocycles. The van der Waals surface area contributed by atoms with Crippen LogP contribution in [0.5, 0.6) is 0 Å². The molecule has 0 saturated carbocycles. The van der Waals surface area contributed by atoms with Crippen LogP contribution in [0.4, 0.5) is 0 Å². The summed E-state index contributed by atoms with van der Waals surface area (Å²) in [5.74, 6) is 2.86. The molecule has 0 N–H and O–H groups in total. The Labute approximate surface area is 97.8 Å². The molecule has 3 atom stereocenters. The molecule has 0 aliphatic carbocycles. The zero-order chi connectivity index (χ0) is 11.7. The number of hydrogen-bond donors (Lipinski definition) is 0. The summed E-state index contributed by atoms with van der Waals surface area (Å²) in [6.07, 6.45) is 9.87. The first-order valence-electron chi connectivity index (χ1n) is 7.13. The van der Waals surface area contributed by atoms with Gasteiger partial charge in [-0.15, -0.1) is 0 Å². The first kappa shape index (κ1) is 15.0. The van der Waals surface area contributed by atoms with Gasteiger partial charge in [-0.1, -0.05) is 73.1 Å². The molecule has 0 spiro atoms. The number of hydrogen-bond acceptors (Lipinski definition) is 0. The van der Waals surface area contributed by atoms with Crippen molar-refractivity contribution < 1.29 is 0 Å². The molecule has 0 aromatic rings. The Balaban J connectivity index is 3.81. The highest BCUT2D eigenvalue weighted by Gasteiger charge is 2.12. The fourth-order valence-corrected chi connectivity index (χ4v) is 2.25. The molecule has 92 valence electrons. The minimum Gasteiger partial charge on any atom is -0.0654 e. The molecule has 0 aromatic carbocycles. The maximum Gasteiger partial charge on any atom is -0.0412 e. The first-order chi connectivity index (χ1) is 7.13. The van der Waals surface area contributed by atoms with Crippen LogP contribution < -0.4 is 0 Å². The Morgan fingerprint density at radius 1 is 0.733 bits per heavy atom. The Morgan fingerprint density at radius 2 is 1.33 bits per heavy atom. The van der Waals surface area contributed by atoms with E-state index < -0.39 is 0 Å². The first-order valence-corrected chi connectivity index (χ1v) is 7.13. The Kier molecular flexibility index (Phi) is 9.24. The van der Waals surface area contributed by atoms with Crippen LogP contribution in [-0.2, 0) is 0 Å². The zero-order valence-electron chi connectivity index (χ0n) is 11.7.